The molecule has 0 saturated carbocycles. The van der Waals surface area contributed by atoms with Crippen LogP contribution >= 0.6 is 0 Å². The van der Waals surface area contributed by atoms with Gasteiger partial charge in [0.05, 0.1) is 11.5 Å². The molecule has 0 aliphatic carbocycles. The van der Waals surface area contributed by atoms with Gasteiger partial charge in [-0.15, -0.1) is 0 Å². The molecule has 0 spiro atoms. The summed E-state index contributed by atoms with van der Waals surface area (Å²) in [6, 6.07) is 4.91. The number of aromatic hydroxyl groups is 2. The highest BCUT2D eigenvalue weighted by molar-refractivity contribution is 6.47. The molecular formula is C24H25BN4O10. The molecule has 204 valence electrons. The number of hydrogen-bond donors (Lipinski definition) is 6. The number of carbonyl (C=O) groups excluding carboxylic acids is 4. The van der Waals surface area contributed by atoms with Gasteiger partial charge in [0.1, 0.15) is 23.3 Å². The predicted octanol–water partition coefficient (Wildman–Crippen LogP) is -0.623. The molecule has 15 heteroatoms. The highest BCUT2D eigenvalue weighted by atomic mass is 16.5. The number of carbonyl (C=O) groups is 5. The fraction of sp³-hybridized carbons (Fsp3) is 0.292. The average Bonchev–Trinajstić information content (AvgIpc) is 2.88. The molecule has 2 aromatic rings. The van der Waals surface area contributed by atoms with E-state index >= 15 is 0 Å². The van der Waals surface area contributed by atoms with E-state index in [4.69, 9.17) is 4.65 Å². The maximum atomic E-state index is 13.4. The lowest BCUT2D eigenvalue weighted by molar-refractivity contribution is -0.153. The van der Waals surface area contributed by atoms with E-state index in [9.17, 15) is 44.3 Å². The number of phenols is 2. The zero-order valence-corrected chi connectivity index (χ0v) is 20.7. The van der Waals surface area contributed by atoms with E-state index in [-0.39, 0.29) is 42.9 Å². The molecule has 2 aromatic carbocycles. The fourth-order valence-corrected chi connectivity index (χ4v) is 4.44. The van der Waals surface area contributed by atoms with Crippen LogP contribution in [0.25, 0.3) is 0 Å². The average molecular weight is 540 g/mol. The first-order valence-corrected chi connectivity index (χ1v) is 11.9. The van der Waals surface area contributed by atoms with Gasteiger partial charge < -0.3 is 40.5 Å². The van der Waals surface area contributed by atoms with Crippen LogP contribution in [0.2, 0.25) is 0 Å². The highest BCUT2D eigenvalue weighted by Crippen LogP contribution is 2.31. The molecule has 0 bridgehead atoms. The van der Waals surface area contributed by atoms with Crippen molar-refractivity contribution >= 4 is 36.8 Å². The van der Waals surface area contributed by atoms with Crippen molar-refractivity contribution in [3.05, 3.63) is 53.1 Å². The number of nitrogens with zero attached hydrogens (tertiary/aromatic N) is 2. The third-order valence-electron chi connectivity index (χ3n) is 6.40. The first-order valence-electron chi connectivity index (χ1n) is 11.9. The Hall–Kier alpha value is -4.79. The Kier molecular flexibility index (Phi) is 7.62. The molecule has 1 fully saturated rings. The molecule has 6 N–H and O–H groups in total. The summed E-state index contributed by atoms with van der Waals surface area (Å²) >= 11 is 0. The normalized spacial score (nSPS) is 17.7. The second-order valence-electron chi connectivity index (χ2n) is 8.93. The van der Waals surface area contributed by atoms with E-state index < -0.39 is 60.3 Å². The van der Waals surface area contributed by atoms with Gasteiger partial charge >= 0.3 is 30.9 Å². The minimum absolute atomic E-state index is 0.0265. The molecule has 2 atom stereocenters. The molecule has 4 rings (SSSR count). The standard InChI is InChI=1S/C24H25BN4O10/c1-2-28-6-7-29(22(34)21(28)33)24(37)27-18(13-8-14(30)11-15(31)9-13)20(32)26-17-10-12-4-3-5-16(23(35)36)19(12)39-25(17)38/h3-5,8-9,11,17-18,30-31,38H,2,6-7,10H2,1H3,(H,26,32)(H,27,37)(H,35,36)/t17-,18-/m0/s1. The topological polar surface area (TPSA) is 206 Å². The van der Waals surface area contributed by atoms with E-state index in [1.807, 2.05) is 0 Å². The number of phenolic OH excluding ortho intramolecular Hbond substituents is 2. The van der Waals surface area contributed by atoms with Crippen LogP contribution in [0.5, 0.6) is 17.2 Å². The molecule has 0 radical (unpaired) electrons. The first kappa shape index (κ1) is 27.3. The molecule has 2 aliphatic rings. The summed E-state index contributed by atoms with van der Waals surface area (Å²) in [5.74, 6) is -6.11. The molecule has 0 unspecified atom stereocenters. The Morgan fingerprint density at radius 2 is 1.79 bits per heavy atom. The maximum Gasteiger partial charge on any atom is 0.547 e. The van der Waals surface area contributed by atoms with Crippen LogP contribution in [0.15, 0.2) is 36.4 Å². The first-order chi connectivity index (χ1) is 18.5. The van der Waals surface area contributed by atoms with Gasteiger partial charge in [-0.1, -0.05) is 12.1 Å². The van der Waals surface area contributed by atoms with Gasteiger partial charge in [-0.25, -0.2) is 9.59 Å². The number of likely N-dealkylation sites (N-methyl/N-ethyl adjacent to an activating group) is 1. The monoisotopic (exact) mass is 540 g/mol. The smallest absolute Gasteiger partial charge is 0.534 e. The minimum atomic E-state index is -1.66. The Labute approximate surface area is 221 Å². The summed E-state index contributed by atoms with van der Waals surface area (Å²) in [4.78, 5) is 64.6. The SMILES string of the molecule is CCN1CCN(C(=O)N[C@H](C(=O)N[C@H]2Cc3cccc(C(=O)O)c3OB2O)c2cc(O)cc(O)c2)C(=O)C1=O. The van der Waals surface area contributed by atoms with Gasteiger partial charge in [-0.3, -0.25) is 19.3 Å². The number of nitrogens with one attached hydrogen (secondary N) is 2. The van der Waals surface area contributed by atoms with Crippen molar-refractivity contribution in [1.29, 1.82) is 0 Å². The number of piperazine rings is 1. The molecule has 2 heterocycles. The van der Waals surface area contributed by atoms with Crippen molar-refractivity contribution in [2.24, 2.45) is 0 Å². The van der Waals surface area contributed by atoms with Crippen LogP contribution in [0.4, 0.5) is 4.79 Å². The van der Waals surface area contributed by atoms with Crippen molar-refractivity contribution in [2.75, 3.05) is 19.6 Å². The minimum Gasteiger partial charge on any atom is -0.534 e. The summed E-state index contributed by atoms with van der Waals surface area (Å²) in [6.45, 7) is 1.93. The van der Waals surface area contributed by atoms with Gasteiger partial charge in [0.25, 0.3) is 0 Å². The number of amides is 5. The lowest BCUT2D eigenvalue weighted by Gasteiger charge is -2.33. The van der Waals surface area contributed by atoms with Gasteiger partial charge in [0, 0.05) is 25.7 Å². The molecule has 0 aromatic heterocycles. The Morgan fingerprint density at radius 3 is 2.44 bits per heavy atom. The maximum absolute atomic E-state index is 13.4. The molecule has 39 heavy (non-hydrogen) atoms. The van der Waals surface area contributed by atoms with Gasteiger partial charge in [0.2, 0.25) is 5.91 Å². The van der Waals surface area contributed by atoms with Crippen LogP contribution < -0.4 is 15.3 Å². The lowest BCUT2D eigenvalue weighted by Crippen LogP contribution is -2.60. The largest absolute Gasteiger partial charge is 0.547 e. The van der Waals surface area contributed by atoms with Gasteiger partial charge in [-0.05, 0) is 42.7 Å². The predicted molar refractivity (Wildman–Crippen MR) is 133 cm³/mol. The summed E-state index contributed by atoms with van der Waals surface area (Å²) < 4.78 is 5.38. The zero-order chi connectivity index (χ0) is 28.4. The lowest BCUT2D eigenvalue weighted by atomic mass is 9.72. The molecule has 1 saturated heterocycles. The molecule has 14 nitrogen and oxygen atoms in total. The number of benzene rings is 2. The second kappa shape index (κ2) is 10.9. The summed E-state index contributed by atoms with van der Waals surface area (Å²) in [5.41, 5.74) is 0.169. The summed E-state index contributed by atoms with van der Waals surface area (Å²) in [7, 11) is -1.66. The van der Waals surface area contributed by atoms with Crippen LogP contribution in [-0.4, -0.2) is 92.6 Å². The Bertz CT molecular complexity index is 1330. The number of aromatic carboxylic acids is 1. The van der Waals surface area contributed by atoms with Crippen molar-refractivity contribution in [3.63, 3.8) is 0 Å². The quantitative estimate of drug-likeness (QED) is 0.202. The van der Waals surface area contributed by atoms with E-state index in [2.05, 4.69) is 10.6 Å². The van der Waals surface area contributed by atoms with Gasteiger partial charge in [0.15, 0.2) is 0 Å². The van der Waals surface area contributed by atoms with E-state index in [1.54, 1.807) is 13.0 Å². The number of para-hydroxylation sites is 1. The highest BCUT2D eigenvalue weighted by Gasteiger charge is 2.41. The zero-order valence-electron chi connectivity index (χ0n) is 20.7. The number of carboxylic acids is 1. The molecule has 2 aliphatic heterocycles. The van der Waals surface area contributed by atoms with Crippen molar-refractivity contribution in [2.45, 2.75) is 25.3 Å². The van der Waals surface area contributed by atoms with Crippen molar-refractivity contribution in [3.8, 4) is 17.2 Å². The van der Waals surface area contributed by atoms with Crippen LogP contribution in [0.3, 0.4) is 0 Å². The summed E-state index contributed by atoms with van der Waals surface area (Å²) in [6.07, 6.45) is -0.0265. The fourth-order valence-electron chi connectivity index (χ4n) is 4.44. The number of imide groups is 1. The van der Waals surface area contributed by atoms with Crippen LogP contribution in [0.1, 0.15) is 34.5 Å². The van der Waals surface area contributed by atoms with Gasteiger partial charge in [-0.2, -0.15) is 0 Å². The summed E-state index contributed by atoms with van der Waals surface area (Å²) in [5, 5.41) is 44.7. The van der Waals surface area contributed by atoms with Crippen LogP contribution in [0, 0.1) is 0 Å². The van der Waals surface area contributed by atoms with Crippen molar-refractivity contribution < 1.29 is 49.0 Å². The van der Waals surface area contributed by atoms with E-state index in [0.717, 1.165) is 18.2 Å². The number of fused-ring (bicyclic) bond motifs is 1. The second-order valence-corrected chi connectivity index (χ2v) is 8.93. The van der Waals surface area contributed by atoms with Crippen LogP contribution in [-0.2, 0) is 20.8 Å². The molecular weight excluding hydrogens is 515 g/mol. The Balaban J connectivity index is 1.58. The number of urea groups is 1. The van der Waals surface area contributed by atoms with Crippen molar-refractivity contribution in [1.82, 2.24) is 20.4 Å². The van der Waals surface area contributed by atoms with E-state index in [1.165, 1.54) is 17.0 Å². The number of hydrogen-bond acceptors (Lipinski definition) is 9. The Morgan fingerprint density at radius 1 is 1.10 bits per heavy atom. The number of carboxylic acid groups (broad SMARTS) is 1. The number of rotatable bonds is 6. The molecule has 5 amide bonds. The van der Waals surface area contributed by atoms with E-state index in [0.29, 0.717) is 10.5 Å². The third kappa shape index (κ3) is 5.57. The third-order valence-corrected chi connectivity index (χ3v) is 6.40.